The predicted octanol–water partition coefficient (Wildman–Crippen LogP) is 1.99. The zero-order valence-electron chi connectivity index (χ0n) is 18.8. The zero-order valence-corrected chi connectivity index (χ0v) is 19.6. The van der Waals surface area contributed by atoms with E-state index in [2.05, 4.69) is 5.32 Å². The van der Waals surface area contributed by atoms with Crippen LogP contribution >= 0.6 is 0 Å². The van der Waals surface area contributed by atoms with E-state index in [1.807, 2.05) is 54.6 Å². The van der Waals surface area contributed by atoms with Crippen molar-refractivity contribution in [3.63, 3.8) is 0 Å². The molecule has 0 radical (unpaired) electrons. The van der Waals surface area contributed by atoms with Gasteiger partial charge in [-0.2, -0.15) is 0 Å². The molecule has 1 N–H and O–H groups in total. The highest BCUT2D eigenvalue weighted by Crippen LogP contribution is 2.40. The lowest BCUT2D eigenvalue weighted by Crippen LogP contribution is -2.49. The fourth-order valence-electron chi connectivity index (χ4n) is 5.40. The molecule has 3 aliphatic rings. The average molecular weight is 482 g/mol. The van der Waals surface area contributed by atoms with Gasteiger partial charge in [0.25, 0.3) is 5.91 Å². The van der Waals surface area contributed by atoms with Gasteiger partial charge in [-0.1, -0.05) is 54.6 Å². The van der Waals surface area contributed by atoms with Crippen molar-refractivity contribution >= 4 is 27.7 Å². The fraction of sp³-hybridized carbons (Fsp3) is 0.400. The van der Waals surface area contributed by atoms with Crippen molar-refractivity contribution in [2.75, 3.05) is 18.1 Å². The standard InChI is InChI=1S/C25H27N3O5S/c29-22(27(15-18-7-2-1-3-8-18)20-12-14-34(32,33)17-20)16-28-23(30)25(26-24(28)31)13-6-10-19-9-4-5-11-21(19)25/h1-5,7-9,11,20H,6,10,12-17H2,(H,26,31). The van der Waals surface area contributed by atoms with Crippen molar-refractivity contribution in [2.24, 2.45) is 0 Å². The number of nitrogens with one attached hydrogen (secondary N) is 1. The van der Waals surface area contributed by atoms with Gasteiger partial charge in [-0.05, 0) is 42.4 Å². The number of benzene rings is 2. The molecular weight excluding hydrogens is 454 g/mol. The summed E-state index contributed by atoms with van der Waals surface area (Å²) < 4.78 is 24.2. The van der Waals surface area contributed by atoms with Crippen molar-refractivity contribution in [2.45, 2.75) is 43.8 Å². The highest BCUT2D eigenvalue weighted by Gasteiger charge is 2.54. The average Bonchev–Trinajstić information content (AvgIpc) is 3.30. The molecule has 0 bridgehead atoms. The van der Waals surface area contributed by atoms with Crippen LogP contribution in [0.5, 0.6) is 0 Å². The van der Waals surface area contributed by atoms with Crippen LogP contribution in [-0.4, -0.2) is 60.2 Å². The summed E-state index contributed by atoms with van der Waals surface area (Å²) in [6, 6.07) is 15.8. The Bertz CT molecular complexity index is 1250. The predicted molar refractivity (Wildman–Crippen MR) is 125 cm³/mol. The second kappa shape index (κ2) is 8.54. The molecule has 2 fully saturated rings. The number of sulfone groups is 1. The van der Waals surface area contributed by atoms with Crippen LogP contribution in [0.1, 0.15) is 36.0 Å². The van der Waals surface area contributed by atoms with Crippen LogP contribution in [0.4, 0.5) is 4.79 Å². The van der Waals surface area contributed by atoms with Crippen molar-refractivity contribution in [3.8, 4) is 0 Å². The summed E-state index contributed by atoms with van der Waals surface area (Å²) in [7, 11) is -3.22. The minimum absolute atomic E-state index is 0.0270. The first kappa shape index (κ1) is 22.6. The number of imide groups is 1. The molecule has 9 heteroatoms. The van der Waals surface area contributed by atoms with E-state index < -0.39 is 45.8 Å². The molecule has 2 heterocycles. The number of urea groups is 1. The summed E-state index contributed by atoms with van der Waals surface area (Å²) in [5.74, 6) is -0.935. The van der Waals surface area contributed by atoms with E-state index in [1.54, 1.807) is 0 Å². The normalized spacial score (nSPS) is 25.3. The third-order valence-corrected chi connectivity index (χ3v) is 8.86. The van der Waals surface area contributed by atoms with Gasteiger partial charge in [-0.15, -0.1) is 0 Å². The van der Waals surface area contributed by atoms with Crippen LogP contribution in [0.3, 0.4) is 0 Å². The van der Waals surface area contributed by atoms with Gasteiger partial charge in [0.05, 0.1) is 11.5 Å². The highest BCUT2D eigenvalue weighted by molar-refractivity contribution is 7.91. The lowest BCUT2D eigenvalue weighted by Gasteiger charge is -2.33. The van der Waals surface area contributed by atoms with Crippen LogP contribution in [0.2, 0.25) is 0 Å². The number of hydrogen-bond donors (Lipinski definition) is 1. The van der Waals surface area contributed by atoms with E-state index in [4.69, 9.17) is 0 Å². The second-order valence-corrected chi connectivity index (χ2v) is 11.5. The molecule has 1 aliphatic carbocycles. The fourth-order valence-corrected chi connectivity index (χ4v) is 7.13. The van der Waals surface area contributed by atoms with Crippen LogP contribution in [0.15, 0.2) is 54.6 Å². The Morgan fingerprint density at radius 3 is 2.56 bits per heavy atom. The topological polar surface area (TPSA) is 104 Å². The summed E-state index contributed by atoms with van der Waals surface area (Å²) in [4.78, 5) is 42.5. The molecule has 2 aliphatic heterocycles. The molecule has 2 atom stereocenters. The van der Waals surface area contributed by atoms with Gasteiger partial charge in [0.1, 0.15) is 12.1 Å². The van der Waals surface area contributed by atoms with Crippen LogP contribution in [0, 0.1) is 0 Å². The molecule has 0 saturated carbocycles. The van der Waals surface area contributed by atoms with Gasteiger partial charge in [0.15, 0.2) is 9.84 Å². The van der Waals surface area contributed by atoms with Crippen LogP contribution in [0.25, 0.3) is 0 Å². The molecule has 4 amide bonds. The molecule has 8 nitrogen and oxygen atoms in total. The van der Waals surface area contributed by atoms with Crippen molar-refractivity contribution in [1.29, 1.82) is 0 Å². The minimum atomic E-state index is -3.22. The summed E-state index contributed by atoms with van der Waals surface area (Å²) in [6.07, 6.45) is 2.41. The van der Waals surface area contributed by atoms with E-state index in [9.17, 15) is 22.8 Å². The SMILES string of the molecule is O=C1NC2(CCCc3ccccc32)C(=O)N1CC(=O)N(Cc1ccccc1)C1CCS(=O)(=O)C1. The van der Waals surface area contributed by atoms with E-state index >= 15 is 0 Å². The van der Waals surface area contributed by atoms with Crippen LogP contribution in [-0.2, 0) is 37.9 Å². The number of carbonyl (C=O) groups excluding carboxylic acids is 3. The van der Waals surface area contributed by atoms with Gasteiger partial charge >= 0.3 is 6.03 Å². The third-order valence-electron chi connectivity index (χ3n) is 7.11. The van der Waals surface area contributed by atoms with E-state index in [0.717, 1.165) is 34.4 Å². The highest BCUT2D eigenvalue weighted by atomic mass is 32.2. The Balaban J connectivity index is 1.40. The zero-order chi connectivity index (χ0) is 23.9. The molecule has 1 spiro atoms. The second-order valence-electron chi connectivity index (χ2n) is 9.30. The van der Waals surface area contributed by atoms with Gasteiger partial charge in [-0.25, -0.2) is 13.2 Å². The summed E-state index contributed by atoms with van der Waals surface area (Å²) in [6.45, 7) is -0.199. The molecule has 34 heavy (non-hydrogen) atoms. The first-order valence-corrected chi connectivity index (χ1v) is 13.4. The van der Waals surface area contributed by atoms with Gasteiger partial charge in [0.2, 0.25) is 5.91 Å². The van der Waals surface area contributed by atoms with Crippen molar-refractivity contribution in [3.05, 3.63) is 71.3 Å². The van der Waals surface area contributed by atoms with Crippen molar-refractivity contribution < 1.29 is 22.8 Å². The number of fused-ring (bicyclic) bond motifs is 2. The minimum Gasteiger partial charge on any atom is -0.333 e. The van der Waals surface area contributed by atoms with Crippen molar-refractivity contribution in [1.82, 2.24) is 15.1 Å². The molecular formula is C25H27N3O5S. The summed E-state index contributed by atoms with van der Waals surface area (Å²) in [5, 5.41) is 2.87. The Labute approximate surface area is 198 Å². The first-order valence-electron chi connectivity index (χ1n) is 11.6. The molecule has 5 rings (SSSR count). The quantitative estimate of drug-likeness (QED) is 0.658. The van der Waals surface area contributed by atoms with Gasteiger partial charge in [-0.3, -0.25) is 14.5 Å². The van der Waals surface area contributed by atoms with E-state index in [-0.39, 0.29) is 18.1 Å². The number of hydrogen-bond acceptors (Lipinski definition) is 5. The van der Waals surface area contributed by atoms with E-state index in [1.165, 1.54) is 4.90 Å². The third kappa shape index (κ3) is 3.98. The molecule has 178 valence electrons. The van der Waals surface area contributed by atoms with Gasteiger partial charge in [0, 0.05) is 12.6 Å². The Morgan fingerprint density at radius 1 is 1.09 bits per heavy atom. The number of aryl methyl sites for hydroxylation is 1. The maximum absolute atomic E-state index is 13.6. The molecule has 2 unspecified atom stereocenters. The number of rotatable bonds is 5. The molecule has 2 aromatic rings. The number of nitrogens with zero attached hydrogens (tertiary/aromatic N) is 2. The Morgan fingerprint density at radius 2 is 1.82 bits per heavy atom. The lowest BCUT2D eigenvalue weighted by molar-refractivity contribution is -0.140. The molecule has 2 saturated heterocycles. The first-order chi connectivity index (χ1) is 16.3. The maximum Gasteiger partial charge on any atom is 0.325 e. The lowest BCUT2D eigenvalue weighted by atomic mass is 9.76. The smallest absolute Gasteiger partial charge is 0.325 e. The molecule has 2 aromatic carbocycles. The van der Waals surface area contributed by atoms with Crippen LogP contribution < -0.4 is 5.32 Å². The maximum atomic E-state index is 13.6. The Kier molecular flexibility index (Phi) is 5.67. The number of carbonyl (C=O) groups is 3. The summed E-state index contributed by atoms with van der Waals surface area (Å²) >= 11 is 0. The number of amides is 4. The van der Waals surface area contributed by atoms with Gasteiger partial charge < -0.3 is 10.2 Å². The Hall–Kier alpha value is -3.20. The summed E-state index contributed by atoms with van der Waals surface area (Å²) in [5.41, 5.74) is 1.53. The largest absolute Gasteiger partial charge is 0.333 e. The van der Waals surface area contributed by atoms with E-state index in [0.29, 0.717) is 12.8 Å². The molecule has 0 aromatic heterocycles. The monoisotopic (exact) mass is 481 g/mol.